The smallest absolute Gasteiger partial charge is 0.0667 e. The Morgan fingerprint density at radius 2 is 0.643 bits per heavy atom. The minimum atomic E-state index is -0.282. The van der Waals surface area contributed by atoms with Crippen LogP contribution in [0.1, 0.15) is 206 Å². The molecule has 2 unspecified atom stereocenters. The molecule has 0 aliphatic carbocycles. The van der Waals surface area contributed by atoms with E-state index in [2.05, 4.69) is 31.4 Å². The van der Waals surface area contributed by atoms with E-state index < -0.39 is 0 Å². The lowest BCUT2D eigenvalue weighted by atomic mass is 10.0. The molecule has 0 saturated heterocycles. The van der Waals surface area contributed by atoms with Gasteiger partial charge in [-0.1, -0.05) is 194 Å². The second kappa shape index (κ2) is 35.7. The number of hydrogen-bond donors (Lipinski definition) is 3. The van der Waals surface area contributed by atoms with Crippen LogP contribution in [0.15, 0.2) is 0 Å². The Balaban J connectivity index is 3.62. The highest BCUT2D eigenvalue weighted by Gasteiger charge is 2.15. The molecule has 0 radical (unpaired) electrons. The first kappa shape index (κ1) is 42.2. The highest BCUT2D eigenvalue weighted by molar-refractivity contribution is 7.80. The Bertz CT molecular complexity index is 452. The zero-order valence-electron chi connectivity index (χ0n) is 29.0. The monoisotopic (exact) mass is 614 g/mol. The van der Waals surface area contributed by atoms with Crippen molar-refractivity contribution >= 4 is 12.6 Å². The van der Waals surface area contributed by atoms with Crippen LogP contribution in [0, 0.1) is 0 Å². The van der Waals surface area contributed by atoms with Gasteiger partial charge in [-0.15, -0.1) is 0 Å². The average Bonchev–Trinajstić information content (AvgIpc) is 2.97. The summed E-state index contributed by atoms with van der Waals surface area (Å²) in [7, 11) is 0. The van der Waals surface area contributed by atoms with E-state index in [1.807, 2.05) is 0 Å². The van der Waals surface area contributed by atoms with Gasteiger partial charge in [-0.3, -0.25) is 4.90 Å². The number of unbranched alkanes of at least 4 members (excludes halogenated alkanes) is 26. The molecular formula is C38H79NO2S. The summed E-state index contributed by atoms with van der Waals surface area (Å²) in [5.41, 5.74) is 0. The highest BCUT2D eigenvalue weighted by Crippen LogP contribution is 2.16. The number of thiol groups is 1. The third kappa shape index (κ3) is 33.1. The van der Waals surface area contributed by atoms with Crippen LogP contribution in [-0.4, -0.2) is 52.7 Å². The molecule has 0 aromatic carbocycles. The minimum Gasteiger partial charge on any atom is -0.392 e. The number of rotatable bonds is 36. The fraction of sp³-hybridized carbons (Fsp3) is 1.00. The van der Waals surface area contributed by atoms with Crippen molar-refractivity contribution < 1.29 is 10.2 Å². The number of aliphatic hydroxyl groups is 2. The zero-order chi connectivity index (χ0) is 30.8. The van der Waals surface area contributed by atoms with E-state index in [1.54, 1.807) is 0 Å². The molecule has 0 saturated carbocycles. The Labute approximate surface area is 271 Å². The van der Waals surface area contributed by atoms with Crippen LogP contribution < -0.4 is 0 Å². The van der Waals surface area contributed by atoms with Crippen molar-refractivity contribution in [1.29, 1.82) is 0 Å². The molecule has 0 aliphatic heterocycles. The van der Waals surface area contributed by atoms with Gasteiger partial charge in [0.1, 0.15) is 0 Å². The molecule has 0 spiro atoms. The summed E-state index contributed by atoms with van der Waals surface area (Å²) in [5, 5.41) is 21.2. The molecule has 0 amide bonds. The molecule has 0 aliphatic rings. The summed E-state index contributed by atoms with van der Waals surface area (Å²) >= 11 is 4.42. The summed E-state index contributed by atoms with van der Waals surface area (Å²) in [6.07, 6.45) is 39.5. The first-order valence-electron chi connectivity index (χ1n) is 19.3. The summed E-state index contributed by atoms with van der Waals surface area (Å²) in [5.74, 6) is 0.775. The van der Waals surface area contributed by atoms with Gasteiger partial charge in [0, 0.05) is 25.4 Å². The fourth-order valence-electron chi connectivity index (χ4n) is 6.33. The third-order valence-electron chi connectivity index (χ3n) is 9.14. The first-order valence-corrected chi connectivity index (χ1v) is 20.0. The standard InChI is InChI=1S/C38H79NO2S/c1-3-5-7-9-11-13-15-17-19-21-23-25-27-29-31-37(40)35-39(33-34-42)36-38(41)32-30-28-26-24-22-20-18-16-14-12-10-8-6-4-2/h37-38,40-42H,3-36H2,1-2H3. The second-order valence-electron chi connectivity index (χ2n) is 13.6. The highest BCUT2D eigenvalue weighted by atomic mass is 32.1. The maximum Gasteiger partial charge on any atom is 0.0667 e. The van der Waals surface area contributed by atoms with Crippen LogP contribution in [0.4, 0.5) is 0 Å². The summed E-state index contributed by atoms with van der Waals surface area (Å²) < 4.78 is 0. The Hall–Kier alpha value is 0.230. The predicted molar refractivity (Wildman–Crippen MR) is 192 cm³/mol. The molecule has 0 bridgehead atoms. The molecule has 0 aromatic heterocycles. The normalized spacial score (nSPS) is 13.3. The van der Waals surface area contributed by atoms with Crippen LogP contribution in [0.3, 0.4) is 0 Å². The molecule has 0 fully saturated rings. The van der Waals surface area contributed by atoms with Gasteiger partial charge in [0.25, 0.3) is 0 Å². The van der Waals surface area contributed by atoms with Gasteiger partial charge in [-0.25, -0.2) is 0 Å². The van der Waals surface area contributed by atoms with Crippen LogP contribution in [0.2, 0.25) is 0 Å². The maximum absolute atomic E-state index is 10.6. The first-order chi connectivity index (χ1) is 20.6. The van der Waals surface area contributed by atoms with E-state index in [9.17, 15) is 10.2 Å². The molecule has 0 rings (SSSR count). The molecule has 3 nitrogen and oxygen atoms in total. The summed E-state index contributed by atoms with van der Waals surface area (Å²) in [4.78, 5) is 2.23. The van der Waals surface area contributed by atoms with Crippen LogP contribution >= 0.6 is 12.6 Å². The molecule has 2 atom stereocenters. The average molecular weight is 614 g/mol. The van der Waals surface area contributed by atoms with E-state index in [0.29, 0.717) is 13.1 Å². The van der Waals surface area contributed by atoms with Gasteiger partial charge >= 0.3 is 0 Å². The molecule has 254 valence electrons. The van der Waals surface area contributed by atoms with Crippen molar-refractivity contribution in [1.82, 2.24) is 4.90 Å². The molecule has 4 heteroatoms. The lowest BCUT2D eigenvalue weighted by Crippen LogP contribution is -2.39. The third-order valence-corrected chi connectivity index (χ3v) is 9.34. The van der Waals surface area contributed by atoms with Crippen molar-refractivity contribution in [2.45, 2.75) is 219 Å². The van der Waals surface area contributed by atoms with Crippen molar-refractivity contribution in [3.8, 4) is 0 Å². The van der Waals surface area contributed by atoms with Crippen molar-refractivity contribution in [2.24, 2.45) is 0 Å². The van der Waals surface area contributed by atoms with Crippen molar-refractivity contribution in [2.75, 3.05) is 25.4 Å². The van der Waals surface area contributed by atoms with Gasteiger partial charge < -0.3 is 10.2 Å². The predicted octanol–water partition coefficient (Wildman–Crippen LogP) is 11.7. The molecule has 2 N–H and O–H groups in total. The Kier molecular flexibility index (Phi) is 35.9. The Morgan fingerprint density at radius 3 is 0.881 bits per heavy atom. The minimum absolute atomic E-state index is 0.282. The van der Waals surface area contributed by atoms with Crippen LogP contribution in [0.25, 0.3) is 0 Å². The maximum atomic E-state index is 10.6. The largest absolute Gasteiger partial charge is 0.392 e. The molecule has 0 heterocycles. The van der Waals surface area contributed by atoms with E-state index >= 15 is 0 Å². The lowest BCUT2D eigenvalue weighted by Gasteiger charge is -2.27. The van der Waals surface area contributed by atoms with E-state index in [4.69, 9.17) is 0 Å². The van der Waals surface area contributed by atoms with Gasteiger partial charge in [-0.05, 0) is 12.8 Å². The quantitative estimate of drug-likeness (QED) is 0.0486. The SMILES string of the molecule is CCCCCCCCCCCCCCCCC(O)CN(CCS)CC(O)CCCCCCCCCCCCCCCC. The fourth-order valence-corrected chi connectivity index (χ4v) is 6.61. The van der Waals surface area contributed by atoms with E-state index in [0.717, 1.165) is 38.0 Å². The summed E-state index contributed by atoms with van der Waals surface area (Å²) in [6.45, 7) is 6.77. The van der Waals surface area contributed by atoms with Crippen LogP contribution in [0.5, 0.6) is 0 Å². The van der Waals surface area contributed by atoms with Crippen molar-refractivity contribution in [3.63, 3.8) is 0 Å². The molecule has 0 aromatic rings. The van der Waals surface area contributed by atoms with Gasteiger partial charge in [0.05, 0.1) is 12.2 Å². The van der Waals surface area contributed by atoms with Gasteiger partial charge in [0.15, 0.2) is 0 Å². The number of aliphatic hydroxyl groups excluding tert-OH is 2. The van der Waals surface area contributed by atoms with E-state index in [1.165, 1.54) is 167 Å². The lowest BCUT2D eigenvalue weighted by molar-refractivity contribution is 0.0639. The Morgan fingerprint density at radius 1 is 0.405 bits per heavy atom. The molecule has 42 heavy (non-hydrogen) atoms. The number of hydrogen-bond acceptors (Lipinski definition) is 4. The van der Waals surface area contributed by atoms with E-state index in [-0.39, 0.29) is 12.2 Å². The zero-order valence-corrected chi connectivity index (χ0v) is 29.9. The molecular weight excluding hydrogens is 534 g/mol. The summed E-state index contributed by atoms with van der Waals surface area (Å²) in [6, 6.07) is 0. The van der Waals surface area contributed by atoms with Gasteiger partial charge in [0.2, 0.25) is 0 Å². The van der Waals surface area contributed by atoms with Crippen LogP contribution in [-0.2, 0) is 0 Å². The van der Waals surface area contributed by atoms with Gasteiger partial charge in [-0.2, -0.15) is 12.6 Å². The van der Waals surface area contributed by atoms with Crippen molar-refractivity contribution in [3.05, 3.63) is 0 Å². The topological polar surface area (TPSA) is 43.7 Å². The second-order valence-corrected chi connectivity index (χ2v) is 14.0. The number of nitrogens with zero attached hydrogens (tertiary/aromatic N) is 1.